The summed E-state index contributed by atoms with van der Waals surface area (Å²) in [6.07, 6.45) is 6.89. The molecule has 2 rings (SSSR count). The van der Waals surface area contributed by atoms with Gasteiger partial charge in [0.15, 0.2) is 0 Å². The molecule has 1 aliphatic heterocycles. The fraction of sp³-hybridized carbons (Fsp3) is 0.667. The van der Waals surface area contributed by atoms with Gasteiger partial charge in [-0.2, -0.15) is 0 Å². The van der Waals surface area contributed by atoms with Crippen molar-refractivity contribution in [2.75, 3.05) is 20.1 Å². The van der Waals surface area contributed by atoms with Crippen molar-refractivity contribution in [1.82, 2.24) is 20.2 Å². The summed E-state index contributed by atoms with van der Waals surface area (Å²) in [6.45, 7) is 1.75. The Labute approximate surface area is 102 Å². The number of carbonyl (C=O) groups is 1. The minimum absolute atomic E-state index is 0.246. The highest BCUT2D eigenvalue weighted by atomic mass is 16.2. The SMILES string of the molecule is CNC1CCN(C(=O)CCc2ncc[nH]2)CC1. The van der Waals surface area contributed by atoms with Crippen molar-refractivity contribution in [3.05, 3.63) is 18.2 Å². The number of hydrogen-bond acceptors (Lipinski definition) is 3. The molecule has 5 heteroatoms. The zero-order chi connectivity index (χ0) is 12.1. The molecule has 1 amide bonds. The van der Waals surface area contributed by atoms with E-state index in [0.717, 1.165) is 31.8 Å². The Hall–Kier alpha value is -1.36. The summed E-state index contributed by atoms with van der Waals surface area (Å²) in [5, 5.41) is 3.26. The second-order valence-corrected chi connectivity index (χ2v) is 4.48. The van der Waals surface area contributed by atoms with Crippen molar-refractivity contribution >= 4 is 5.91 Å². The monoisotopic (exact) mass is 236 g/mol. The number of piperidine rings is 1. The molecule has 0 bridgehead atoms. The Kier molecular flexibility index (Phi) is 4.14. The lowest BCUT2D eigenvalue weighted by atomic mass is 10.0. The van der Waals surface area contributed by atoms with Crippen LogP contribution in [0.1, 0.15) is 25.1 Å². The highest BCUT2D eigenvalue weighted by molar-refractivity contribution is 5.76. The van der Waals surface area contributed by atoms with Crippen LogP contribution in [-0.4, -0.2) is 47.0 Å². The number of amides is 1. The molecule has 0 aromatic carbocycles. The fourth-order valence-corrected chi connectivity index (χ4v) is 2.24. The van der Waals surface area contributed by atoms with Gasteiger partial charge in [0.25, 0.3) is 0 Å². The van der Waals surface area contributed by atoms with Crippen LogP contribution >= 0.6 is 0 Å². The smallest absolute Gasteiger partial charge is 0.223 e. The molecule has 0 aliphatic carbocycles. The lowest BCUT2D eigenvalue weighted by molar-refractivity contribution is -0.132. The molecular formula is C12H20N4O. The Morgan fingerprint density at radius 3 is 2.94 bits per heavy atom. The predicted molar refractivity (Wildman–Crippen MR) is 65.6 cm³/mol. The molecule has 0 atom stereocenters. The van der Waals surface area contributed by atoms with Crippen molar-refractivity contribution in [1.29, 1.82) is 0 Å². The van der Waals surface area contributed by atoms with E-state index in [9.17, 15) is 4.79 Å². The predicted octanol–water partition coefficient (Wildman–Crippen LogP) is 0.553. The van der Waals surface area contributed by atoms with Crippen molar-refractivity contribution in [3.8, 4) is 0 Å². The molecule has 1 fully saturated rings. The summed E-state index contributed by atoms with van der Waals surface area (Å²) >= 11 is 0. The molecule has 17 heavy (non-hydrogen) atoms. The number of hydrogen-bond donors (Lipinski definition) is 2. The van der Waals surface area contributed by atoms with Gasteiger partial charge >= 0.3 is 0 Å². The van der Waals surface area contributed by atoms with Crippen LogP contribution in [0.5, 0.6) is 0 Å². The van der Waals surface area contributed by atoms with Gasteiger partial charge in [-0.3, -0.25) is 4.79 Å². The molecule has 0 saturated carbocycles. The normalized spacial score (nSPS) is 17.4. The highest BCUT2D eigenvalue weighted by Crippen LogP contribution is 2.11. The Morgan fingerprint density at radius 2 is 2.35 bits per heavy atom. The third kappa shape index (κ3) is 3.30. The van der Waals surface area contributed by atoms with E-state index in [4.69, 9.17) is 0 Å². The Bertz CT molecular complexity index is 341. The lowest BCUT2D eigenvalue weighted by Gasteiger charge is -2.31. The number of aromatic nitrogens is 2. The molecule has 0 unspecified atom stereocenters. The number of imidazole rings is 1. The standard InChI is InChI=1S/C12H20N4O/c1-13-10-4-8-16(9-5-10)12(17)3-2-11-14-6-7-15-11/h6-7,10,13H,2-5,8-9H2,1H3,(H,14,15). The van der Waals surface area contributed by atoms with Crippen LogP contribution in [0.3, 0.4) is 0 Å². The van der Waals surface area contributed by atoms with Crippen LogP contribution < -0.4 is 5.32 Å². The van der Waals surface area contributed by atoms with Crippen LogP contribution in [0.25, 0.3) is 0 Å². The molecular weight excluding hydrogens is 216 g/mol. The van der Waals surface area contributed by atoms with Gasteiger partial charge in [0.2, 0.25) is 5.91 Å². The first-order valence-electron chi connectivity index (χ1n) is 6.23. The van der Waals surface area contributed by atoms with E-state index >= 15 is 0 Å². The molecule has 94 valence electrons. The first-order valence-corrected chi connectivity index (χ1v) is 6.23. The summed E-state index contributed by atoms with van der Waals surface area (Å²) in [7, 11) is 1.99. The zero-order valence-corrected chi connectivity index (χ0v) is 10.3. The maximum Gasteiger partial charge on any atom is 0.223 e. The molecule has 0 spiro atoms. The number of aromatic amines is 1. The van der Waals surface area contributed by atoms with E-state index < -0.39 is 0 Å². The number of H-pyrrole nitrogens is 1. The first kappa shape index (κ1) is 12.1. The largest absolute Gasteiger partial charge is 0.349 e. The molecule has 5 nitrogen and oxygen atoms in total. The van der Waals surface area contributed by atoms with Crippen molar-refractivity contribution < 1.29 is 4.79 Å². The van der Waals surface area contributed by atoms with Gasteiger partial charge in [0.05, 0.1) is 0 Å². The summed E-state index contributed by atoms with van der Waals surface area (Å²) in [6, 6.07) is 0.573. The molecule has 1 aromatic rings. The second-order valence-electron chi connectivity index (χ2n) is 4.48. The van der Waals surface area contributed by atoms with Crippen LogP contribution in [0.15, 0.2) is 12.4 Å². The van der Waals surface area contributed by atoms with E-state index in [0.29, 0.717) is 18.9 Å². The number of aryl methyl sites for hydroxylation is 1. The van der Waals surface area contributed by atoms with E-state index in [1.165, 1.54) is 0 Å². The maximum absolute atomic E-state index is 12.0. The van der Waals surface area contributed by atoms with Gasteiger partial charge in [-0.15, -0.1) is 0 Å². The maximum atomic E-state index is 12.0. The van der Waals surface area contributed by atoms with Crippen LogP contribution in [0.2, 0.25) is 0 Å². The molecule has 2 N–H and O–H groups in total. The van der Waals surface area contributed by atoms with Crippen molar-refractivity contribution in [2.45, 2.75) is 31.7 Å². The lowest BCUT2D eigenvalue weighted by Crippen LogP contribution is -2.44. The van der Waals surface area contributed by atoms with Crippen LogP contribution in [-0.2, 0) is 11.2 Å². The number of rotatable bonds is 4. The fourth-order valence-electron chi connectivity index (χ4n) is 2.24. The van der Waals surface area contributed by atoms with E-state index in [2.05, 4.69) is 15.3 Å². The van der Waals surface area contributed by atoms with E-state index in [1.54, 1.807) is 12.4 Å². The van der Waals surface area contributed by atoms with E-state index in [1.807, 2.05) is 11.9 Å². The topological polar surface area (TPSA) is 61.0 Å². The highest BCUT2D eigenvalue weighted by Gasteiger charge is 2.21. The van der Waals surface area contributed by atoms with Gasteiger partial charge in [0.1, 0.15) is 5.82 Å². The second kappa shape index (κ2) is 5.82. The van der Waals surface area contributed by atoms with Gasteiger partial charge in [-0.25, -0.2) is 4.98 Å². The number of nitrogens with one attached hydrogen (secondary N) is 2. The van der Waals surface area contributed by atoms with Gasteiger partial charge in [0, 0.05) is 44.4 Å². The molecule has 1 aromatic heterocycles. The average Bonchev–Trinajstić information content (AvgIpc) is 2.89. The average molecular weight is 236 g/mol. The summed E-state index contributed by atoms with van der Waals surface area (Å²) in [4.78, 5) is 21.1. The van der Waals surface area contributed by atoms with Crippen LogP contribution in [0, 0.1) is 0 Å². The Morgan fingerprint density at radius 1 is 1.59 bits per heavy atom. The number of likely N-dealkylation sites (tertiary alicyclic amines) is 1. The first-order chi connectivity index (χ1) is 8.29. The van der Waals surface area contributed by atoms with Gasteiger partial charge in [-0.05, 0) is 19.9 Å². The minimum Gasteiger partial charge on any atom is -0.349 e. The zero-order valence-electron chi connectivity index (χ0n) is 10.3. The van der Waals surface area contributed by atoms with Crippen LogP contribution in [0.4, 0.5) is 0 Å². The third-order valence-corrected chi connectivity index (χ3v) is 3.39. The molecule has 1 aliphatic rings. The molecule has 0 radical (unpaired) electrons. The Balaban J connectivity index is 1.73. The molecule has 1 saturated heterocycles. The quantitative estimate of drug-likeness (QED) is 0.802. The number of nitrogens with zero attached hydrogens (tertiary/aromatic N) is 2. The third-order valence-electron chi connectivity index (χ3n) is 3.39. The summed E-state index contributed by atoms with van der Waals surface area (Å²) in [5.41, 5.74) is 0. The summed E-state index contributed by atoms with van der Waals surface area (Å²) < 4.78 is 0. The van der Waals surface area contributed by atoms with Gasteiger partial charge in [-0.1, -0.05) is 0 Å². The van der Waals surface area contributed by atoms with Gasteiger partial charge < -0.3 is 15.2 Å². The van der Waals surface area contributed by atoms with Crippen molar-refractivity contribution in [3.63, 3.8) is 0 Å². The summed E-state index contributed by atoms with van der Waals surface area (Å²) in [5.74, 6) is 1.14. The van der Waals surface area contributed by atoms with E-state index in [-0.39, 0.29) is 5.91 Å². The number of carbonyl (C=O) groups excluding carboxylic acids is 1. The molecule has 2 heterocycles. The van der Waals surface area contributed by atoms with Crippen molar-refractivity contribution in [2.24, 2.45) is 0 Å². The minimum atomic E-state index is 0.246.